The lowest BCUT2D eigenvalue weighted by Crippen LogP contribution is -2.35. The van der Waals surface area contributed by atoms with Gasteiger partial charge in [0.15, 0.2) is 6.10 Å². The number of aliphatic carboxylic acids is 1. The van der Waals surface area contributed by atoms with Gasteiger partial charge >= 0.3 is 5.97 Å². The molecule has 1 aromatic carbocycles. The quantitative estimate of drug-likeness (QED) is 0.838. The summed E-state index contributed by atoms with van der Waals surface area (Å²) in [5.41, 5.74) is 6.70. The van der Waals surface area contributed by atoms with Crippen LogP contribution in [0.1, 0.15) is 18.0 Å². The minimum Gasteiger partial charge on any atom is -0.497 e. The molecule has 2 unspecified atom stereocenters. The zero-order valence-corrected chi connectivity index (χ0v) is 10.1. The van der Waals surface area contributed by atoms with Gasteiger partial charge in [0.2, 0.25) is 0 Å². The molecule has 1 heterocycles. The Morgan fingerprint density at radius 2 is 2.29 bits per heavy atom. The number of halogens is 1. The predicted octanol–water partition coefficient (Wildman–Crippen LogP) is 1.35. The highest BCUT2D eigenvalue weighted by Crippen LogP contribution is 2.35. The van der Waals surface area contributed by atoms with Gasteiger partial charge in [0, 0.05) is 24.1 Å². The van der Waals surface area contributed by atoms with Gasteiger partial charge in [0.25, 0.3) is 0 Å². The van der Waals surface area contributed by atoms with Crippen LogP contribution in [0.2, 0.25) is 0 Å². The summed E-state index contributed by atoms with van der Waals surface area (Å²) >= 11 is 0. The van der Waals surface area contributed by atoms with E-state index in [1.54, 1.807) is 25.3 Å². The molecule has 0 aliphatic carbocycles. The zero-order chi connectivity index (χ0) is 11.7. The molecule has 0 spiro atoms. The van der Waals surface area contributed by atoms with Crippen molar-refractivity contribution in [3.05, 3.63) is 23.8 Å². The highest BCUT2D eigenvalue weighted by Gasteiger charge is 2.30. The van der Waals surface area contributed by atoms with Crippen LogP contribution in [-0.4, -0.2) is 24.3 Å². The summed E-state index contributed by atoms with van der Waals surface area (Å²) in [4.78, 5) is 10.9. The van der Waals surface area contributed by atoms with Crippen molar-refractivity contribution in [3.8, 4) is 11.5 Å². The topological polar surface area (TPSA) is 81.8 Å². The van der Waals surface area contributed by atoms with Gasteiger partial charge in [-0.15, -0.1) is 12.4 Å². The van der Waals surface area contributed by atoms with E-state index in [9.17, 15) is 4.79 Å². The van der Waals surface area contributed by atoms with E-state index in [2.05, 4.69) is 0 Å². The normalized spacial score (nSPS) is 21.8. The van der Waals surface area contributed by atoms with Crippen molar-refractivity contribution in [2.24, 2.45) is 5.73 Å². The molecule has 6 heteroatoms. The van der Waals surface area contributed by atoms with Crippen molar-refractivity contribution in [2.75, 3.05) is 7.11 Å². The average molecular weight is 260 g/mol. The largest absolute Gasteiger partial charge is 0.497 e. The van der Waals surface area contributed by atoms with Crippen LogP contribution in [0.5, 0.6) is 11.5 Å². The number of fused-ring (bicyclic) bond motifs is 1. The molecule has 94 valence electrons. The number of carboxylic acids is 1. The van der Waals surface area contributed by atoms with Crippen LogP contribution in [0.15, 0.2) is 18.2 Å². The third-order valence-electron chi connectivity index (χ3n) is 2.63. The van der Waals surface area contributed by atoms with Crippen molar-refractivity contribution >= 4 is 18.4 Å². The van der Waals surface area contributed by atoms with Gasteiger partial charge in [-0.25, -0.2) is 4.79 Å². The fourth-order valence-corrected chi connectivity index (χ4v) is 1.76. The maximum atomic E-state index is 10.9. The number of carbonyl (C=O) groups is 1. The Balaban J connectivity index is 0.00000144. The monoisotopic (exact) mass is 259 g/mol. The molecule has 0 bridgehead atoms. The predicted molar refractivity (Wildman–Crippen MR) is 63.8 cm³/mol. The molecule has 0 amide bonds. The second-order valence-electron chi connectivity index (χ2n) is 3.69. The lowest BCUT2D eigenvalue weighted by Gasteiger charge is -2.28. The minimum atomic E-state index is -0.996. The summed E-state index contributed by atoms with van der Waals surface area (Å²) < 4.78 is 10.4. The molecule has 0 saturated carbocycles. The fraction of sp³-hybridized carbons (Fsp3) is 0.364. The molecular formula is C11H14ClNO4. The third-order valence-corrected chi connectivity index (χ3v) is 2.63. The number of carboxylic acid groups (broad SMARTS) is 1. The van der Waals surface area contributed by atoms with Crippen LogP contribution in [0, 0.1) is 0 Å². The zero-order valence-electron chi connectivity index (χ0n) is 9.25. The molecule has 0 radical (unpaired) electrons. The second-order valence-corrected chi connectivity index (χ2v) is 3.69. The molecule has 0 fully saturated rings. The first-order valence-electron chi connectivity index (χ1n) is 4.95. The Hall–Kier alpha value is -1.46. The van der Waals surface area contributed by atoms with Gasteiger partial charge in [-0.05, 0) is 6.07 Å². The van der Waals surface area contributed by atoms with E-state index in [0.29, 0.717) is 11.5 Å². The molecule has 3 N–H and O–H groups in total. The molecule has 5 nitrogen and oxygen atoms in total. The van der Waals surface area contributed by atoms with E-state index in [0.717, 1.165) is 5.56 Å². The number of nitrogens with two attached hydrogens (primary N) is 1. The average Bonchev–Trinajstić information content (AvgIpc) is 2.28. The fourth-order valence-electron chi connectivity index (χ4n) is 1.76. The highest BCUT2D eigenvalue weighted by atomic mass is 35.5. The van der Waals surface area contributed by atoms with Gasteiger partial charge < -0.3 is 20.3 Å². The molecule has 17 heavy (non-hydrogen) atoms. The van der Waals surface area contributed by atoms with Crippen LogP contribution in [0.3, 0.4) is 0 Å². The standard InChI is InChI=1S/C11H13NO4.ClH/c1-15-6-2-3-7-8(12)5-10(11(13)14)16-9(7)4-6;/h2-4,8,10H,5,12H2,1H3,(H,13,14);1H. The van der Waals surface area contributed by atoms with Gasteiger partial charge in [-0.2, -0.15) is 0 Å². The van der Waals surface area contributed by atoms with Gasteiger partial charge in [-0.3, -0.25) is 0 Å². The molecule has 1 aliphatic heterocycles. The molecule has 2 atom stereocenters. The number of ether oxygens (including phenoxy) is 2. The Morgan fingerprint density at radius 3 is 2.88 bits per heavy atom. The Labute approximate surface area is 105 Å². The maximum absolute atomic E-state index is 10.9. The minimum absolute atomic E-state index is 0. The van der Waals surface area contributed by atoms with Crippen LogP contribution in [0.25, 0.3) is 0 Å². The summed E-state index contributed by atoms with van der Waals surface area (Å²) in [7, 11) is 1.54. The summed E-state index contributed by atoms with van der Waals surface area (Å²) in [6, 6.07) is 4.93. The smallest absolute Gasteiger partial charge is 0.344 e. The van der Waals surface area contributed by atoms with Gasteiger partial charge in [0.1, 0.15) is 11.5 Å². The van der Waals surface area contributed by atoms with Gasteiger partial charge in [0.05, 0.1) is 7.11 Å². The lowest BCUT2D eigenvalue weighted by atomic mass is 9.97. The number of methoxy groups -OCH3 is 1. The van der Waals surface area contributed by atoms with E-state index >= 15 is 0 Å². The highest BCUT2D eigenvalue weighted by molar-refractivity contribution is 5.85. The molecule has 0 saturated heterocycles. The van der Waals surface area contributed by atoms with Crippen molar-refractivity contribution in [1.29, 1.82) is 0 Å². The first-order chi connectivity index (χ1) is 7.61. The van der Waals surface area contributed by atoms with Crippen molar-refractivity contribution in [2.45, 2.75) is 18.6 Å². The van der Waals surface area contributed by atoms with Crippen LogP contribution < -0.4 is 15.2 Å². The Bertz CT molecular complexity index is 424. The number of hydrogen-bond acceptors (Lipinski definition) is 4. The summed E-state index contributed by atoms with van der Waals surface area (Å²) in [5.74, 6) is 0.117. The van der Waals surface area contributed by atoms with Crippen molar-refractivity contribution in [3.63, 3.8) is 0 Å². The van der Waals surface area contributed by atoms with Crippen LogP contribution in [0.4, 0.5) is 0 Å². The van der Waals surface area contributed by atoms with E-state index in [-0.39, 0.29) is 24.9 Å². The molecule has 0 aromatic heterocycles. The molecule has 1 aromatic rings. The van der Waals surface area contributed by atoms with Crippen LogP contribution in [-0.2, 0) is 4.79 Å². The van der Waals surface area contributed by atoms with E-state index in [4.69, 9.17) is 20.3 Å². The second kappa shape index (κ2) is 5.25. The number of rotatable bonds is 2. The SMILES string of the molecule is COc1ccc2c(c1)OC(C(=O)O)CC2N.Cl. The summed E-state index contributed by atoms with van der Waals surface area (Å²) in [6.45, 7) is 0. The molecule has 2 rings (SSSR count). The summed E-state index contributed by atoms with van der Waals surface area (Å²) in [6.07, 6.45) is -0.594. The van der Waals surface area contributed by atoms with E-state index < -0.39 is 12.1 Å². The Kier molecular flexibility index (Phi) is 4.20. The Morgan fingerprint density at radius 1 is 1.59 bits per heavy atom. The number of hydrogen-bond donors (Lipinski definition) is 2. The number of benzene rings is 1. The van der Waals surface area contributed by atoms with E-state index in [1.165, 1.54) is 0 Å². The maximum Gasteiger partial charge on any atom is 0.344 e. The van der Waals surface area contributed by atoms with E-state index in [1.807, 2.05) is 0 Å². The molecular weight excluding hydrogens is 246 g/mol. The van der Waals surface area contributed by atoms with Crippen molar-refractivity contribution in [1.82, 2.24) is 0 Å². The van der Waals surface area contributed by atoms with Crippen molar-refractivity contribution < 1.29 is 19.4 Å². The lowest BCUT2D eigenvalue weighted by molar-refractivity contribution is -0.146. The third kappa shape index (κ3) is 2.62. The van der Waals surface area contributed by atoms with Crippen LogP contribution >= 0.6 is 12.4 Å². The first kappa shape index (κ1) is 13.6. The molecule has 1 aliphatic rings. The van der Waals surface area contributed by atoms with Gasteiger partial charge in [-0.1, -0.05) is 6.07 Å². The first-order valence-corrected chi connectivity index (χ1v) is 4.95. The summed E-state index contributed by atoms with van der Waals surface area (Å²) in [5, 5.41) is 8.90.